The second-order valence-electron chi connectivity index (χ2n) is 3.63. The average molecular weight is 206 g/mol. The molecular weight excluding hydrogens is 192 g/mol. The minimum atomic E-state index is -0.858. The van der Waals surface area contributed by atoms with Crippen molar-refractivity contribution in [1.82, 2.24) is 10.0 Å². The molecule has 0 radical (unpaired) electrons. The van der Waals surface area contributed by atoms with Crippen molar-refractivity contribution in [2.24, 2.45) is 0 Å². The molecule has 4 heteroatoms. The minimum absolute atomic E-state index is 0.613. The summed E-state index contributed by atoms with van der Waals surface area (Å²) in [5.41, 5.74) is 1.14. The highest BCUT2D eigenvalue weighted by Crippen LogP contribution is 2.14. The number of hydrogen-bond donors (Lipinski definition) is 1. The summed E-state index contributed by atoms with van der Waals surface area (Å²) in [5, 5.41) is 12.2. The Hall–Kier alpha value is -1.55. The second kappa shape index (κ2) is 4.31. The van der Waals surface area contributed by atoms with Gasteiger partial charge in [0, 0.05) is 19.6 Å². The second-order valence-corrected chi connectivity index (χ2v) is 3.63. The van der Waals surface area contributed by atoms with E-state index in [1.165, 1.54) is 5.01 Å². The van der Waals surface area contributed by atoms with Gasteiger partial charge < -0.3 is 5.11 Å². The summed E-state index contributed by atoms with van der Waals surface area (Å²) in [7, 11) is 0. The van der Waals surface area contributed by atoms with Crippen LogP contribution in [0.15, 0.2) is 30.3 Å². The van der Waals surface area contributed by atoms with E-state index in [1.807, 2.05) is 35.3 Å². The summed E-state index contributed by atoms with van der Waals surface area (Å²) in [5.74, 6) is 0. The highest BCUT2D eigenvalue weighted by atomic mass is 16.4. The monoisotopic (exact) mass is 206 g/mol. The summed E-state index contributed by atoms with van der Waals surface area (Å²) >= 11 is 0. The fraction of sp³-hybridized carbons (Fsp3) is 0.364. The molecule has 1 aromatic rings. The first-order valence-corrected chi connectivity index (χ1v) is 5.06. The van der Waals surface area contributed by atoms with Crippen LogP contribution in [-0.2, 0) is 6.54 Å². The normalized spacial score (nSPS) is 16.9. The van der Waals surface area contributed by atoms with Crippen molar-refractivity contribution < 1.29 is 9.90 Å². The van der Waals surface area contributed by atoms with Crippen molar-refractivity contribution in [3.63, 3.8) is 0 Å². The molecule has 2 rings (SSSR count). The number of rotatable bonds is 2. The molecular formula is C11H14N2O2. The van der Waals surface area contributed by atoms with E-state index in [9.17, 15) is 4.79 Å². The van der Waals surface area contributed by atoms with Crippen molar-refractivity contribution in [3.05, 3.63) is 35.9 Å². The first-order chi connectivity index (χ1) is 7.27. The van der Waals surface area contributed by atoms with E-state index in [2.05, 4.69) is 0 Å². The molecule has 1 amide bonds. The van der Waals surface area contributed by atoms with Gasteiger partial charge in [0.05, 0.1) is 0 Å². The Morgan fingerprint density at radius 1 is 1.27 bits per heavy atom. The van der Waals surface area contributed by atoms with Gasteiger partial charge in [-0.05, 0) is 12.0 Å². The molecule has 1 N–H and O–H groups in total. The third kappa shape index (κ3) is 2.27. The maximum atomic E-state index is 10.9. The van der Waals surface area contributed by atoms with Gasteiger partial charge in [0.25, 0.3) is 0 Å². The number of carbonyl (C=O) groups is 1. The summed E-state index contributed by atoms with van der Waals surface area (Å²) < 4.78 is 0. The molecule has 4 nitrogen and oxygen atoms in total. The van der Waals surface area contributed by atoms with Crippen LogP contribution in [0.25, 0.3) is 0 Å². The van der Waals surface area contributed by atoms with Crippen molar-refractivity contribution in [2.45, 2.75) is 13.0 Å². The number of carboxylic acid groups (broad SMARTS) is 1. The van der Waals surface area contributed by atoms with Crippen LogP contribution in [0.3, 0.4) is 0 Å². The lowest BCUT2D eigenvalue weighted by Crippen LogP contribution is -2.39. The largest absolute Gasteiger partial charge is 0.464 e. The van der Waals surface area contributed by atoms with E-state index in [-0.39, 0.29) is 0 Å². The fourth-order valence-corrected chi connectivity index (χ4v) is 1.84. The van der Waals surface area contributed by atoms with Crippen molar-refractivity contribution in [2.75, 3.05) is 13.1 Å². The lowest BCUT2D eigenvalue weighted by Gasteiger charge is -2.24. The van der Waals surface area contributed by atoms with Crippen LogP contribution in [-0.4, -0.2) is 34.3 Å². The van der Waals surface area contributed by atoms with E-state index in [1.54, 1.807) is 0 Å². The van der Waals surface area contributed by atoms with Crippen molar-refractivity contribution in [3.8, 4) is 0 Å². The Morgan fingerprint density at radius 3 is 2.67 bits per heavy atom. The van der Waals surface area contributed by atoms with Crippen LogP contribution < -0.4 is 0 Å². The zero-order valence-corrected chi connectivity index (χ0v) is 8.47. The summed E-state index contributed by atoms with van der Waals surface area (Å²) in [6.07, 6.45) is 0.0579. The molecule has 1 aromatic carbocycles. The predicted octanol–water partition coefficient (Wildman–Crippen LogP) is 1.79. The molecule has 0 spiro atoms. The predicted molar refractivity (Wildman–Crippen MR) is 56.2 cm³/mol. The van der Waals surface area contributed by atoms with Crippen LogP contribution in [0, 0.1) is 0 Å². The highest BCUT2D eigenvalue weighted by Gasteiger charge is 2.25. The first kappa shape index (κ1) is 9.98. The molecule has 1 saturated heterocycles. The van der Waals surface area contributed by atoms with E-state index in [0.29, 0.717) is 13.1 Å². The zero-order chi connectivity index (χ0) is 10.7. The molecule has 0 saturated carbocycles. The van der Waals surface area contributed by atoms with E-state index < -0.39 is 6.09 Å². The third-order valence-corrected chi connectivity index (χ3v) is 2.56. The highest BCUT2D eigenvalue weighted by molar-refractivity contribution is 5.64. The lowest BCUT2D eigenvalue weighted by atomic mass is 10.2. The smallest absolute Gasteiger partial charge is 0.421 e. The van der Waals surface area contributed by atoms with Crippen LogP contribution in [0.1, 0.15) is 12.0 Å². The zero-order valence-electron chi connectivity index (χ0n) is 8.47. The molecule has 1 aliphatic rings. The fourth-order valence-electron chi connectivity index (χ4n) is 1.84. The van der Waals surface area contributed by atoms with Crippen LogP contribution >= 0.6 is 0 Å². The molecule has 0 unspecified atom stereocenters. The van der Waals surface area contributed by atoms with Gasteiger partial charge in [0.1, 0.15) is 0 Å². The minimum Gasteiger partial charge on any atom is -0.464 e. The molecule has 0 bridgehead atoms. The molecule has 15 heavy (non-hydrogen) atoms. The van der Waals surface area contributed by atoms with Gasteiger partial charge in [0.15, 0.2) is 0 Å². The average Bonchev–Trinajstić information content (AvgIpc) is 2.67. The third-order valence-electron chi connectivity index (χ3n) is 2.56. The van der Waals surface area contributed by atoms with Gasteiger partial charge in [-0.25, -0.2) is 14.8 Å². The van der Waals surface area contributed by atoms with E-state index in [0.717, 1.165) is 18.5 Å². The maximum Gasteiger partial charge on any atom is 0.421 e. The molecule has 1 heterocycles. The molecule has 0 aromatic heterocycles. The Bertz CT molecular complexity index is 340. The van der Waals surface area contributed by atoms with Gasteiger partial charge in [-0.15, -0.1) is 0 Å². The topological polar surface area (TPSA) is 43.8 Å². The molecule has 80 valence electrons. The summed E-state index contributed by atoms with van der Waals surface area (Å²) in [6.45, 7) is 2.11. The quantitative estimate of drug-likeness (QED) is 0.802. The Kier molecular flexibility index (Phi) is 2.87. The maximum absolute atomic E-state index is 10.9. The Morgan fingerprint density at radius 2 is 2.00 bits per heavy atom. The number of hydrazine groups is 1. The lowest BCUT2D eigenvalue weighted by molar-refractivity contribution is 0.0267. The van der Waals surface area contributed by atoms with Crippen molar-refractivity contribution in [1.29, 1.82) is 0 Å². The van der Waals surface area contributed by atoms with E-state index >= 15 is 0 Å². The van der Waals surface area contributed by atoms with Crippen LogP contribution in [0.4, 0.5) is 4.79 Å². The number of hydrogen-bond acceptors (Lipinski definition) is 2. The van der Waals surface area contributed by atoms with Gasteiger partial charge >= 0.3 is 6.09 Å². The summed E-state index contributed by atoms with van der Waals surface area (Å²) in [6, 6.07) is 9.92. The van der Waals surface area contributed by atoms with Gasteiger partial charge in [-0.2, -0.15) is 0 Å². The number of amides is 1. The molecule has 1 fully saturated rings. The summed E-state index contributed by atoms with van der Waals surface area (Å²) in [4.78, 5) is 10.9. The van der Waals surface area contributed by atoms with Crippen LogP contribution in [0.5, 0.6) is 0 Å². The Balaban J connectivity index is 2.03. The van der Waals surface area contributed by atoms with Gasteiger partial charge in [-0.3, -0.25) is 0 Å². The van der Waals surface area contributed by atoms with Crippen molar-refractivity contribution >= 4 is 6.09 Å². The SMILES string of the molecule is O=C(O)N1CCCN1Cc1ccccc1. The van der Waals surface area contributed by atoms with Gasteiger partial charge in [-0.1, -0.05) is 30.3 Å². The molecule has 0 atom stereocenters. The Labute approximate surface area is 88.7 Å². The molecule has 0 aliphatic carbocycles. The van der Waals surface area contributed by atoms with Crippen LogP contribution in [0.2, 0.25) is 0 Å². The van der Waals surface area contributed by atoms with Gasteiger partial charge in [0.2, 0.25) is 0 Å². The van der Waals surface area contributed by atoms with E-state index in [4.69, 9.17) is 5.11 Å². The number of nitrogens with zero attached hydrogens (tertiary/aromatic N) is 2. The standard InChI is InChI=1S/C11H14N2O2/c14-11(15)13-8-4-7-12(13)9-10-5-2-1-3-6-10/h1-3,5-6H,4,7-9H2,(H,14,15). The molecule has 1 aliphatic heterocycles. The number of benzene rings is 1. The first-order valence-electron chi connectivity index (χ1n) is 5.06.